The van der Waals surface area contributed by atoms with Gasteiger partial charge in [-0.3, -0.25) is 4.79 Å². The monoisotopic (exact) mass is 422 g/mol. The van der Waals surface area contributed by atoms with Crippen molar-refractivity contribution < 1.29 is 22.7 Å². The minimum absolute atomic E-state index is 0.0388. The van der Waals surface area contributed by atoms with Crippen molar-refractivity contribution in [2.45, 2.75) is 51.9 Å². The molecule has 0 unspecified atom stereocenters. The zero-order valence-corrected chi connectivity index (χ0v) is 17.0. The van der Waals surface area contributed by atoms with E-state index < -0.39 is 6.36 Å². The maximum absolute atomic E-state index is 12.6. The second-order valence-electron chi connectivity index (χ2n) is 7.61. The minimum atomic E-state index is -4.75. The molecule has 1 fully saturated rings. The van der Waals surface area contributed by atoms with Crippen LogP contribution in [0.3, 0.4) is 0 Å². The van der Waals surface area contributed by atoms with Gasteiger partial charge in [0, 0.05) is 32.0 Å². The molecule has 0 spiro atoms. The van der Waals surface area contributed by atoms with E-state index in [0.717, 1.165) is 37.9 Å². The second kappa shape index (κ2) is 9.32. The van der Waals surface area contributed by atoms with E-state index in [2.05, 4.69) is 20.0 Å². The number of aromatic nitrogens is 2. The van der Waals surface area contributed by atoms with Crippen LogP contribution >= 0.6 is 0 Å². The van der Waals surface area contributed by atoms with Gasteiger partial charge in [0.25, 0.3) is 5.91 Å². The number of hydrogen-bond acceptors (Lipinski definition) is 5. The summed E-state index contributed by atoms with van der Waals surface area (Å²) in [6, 6.07) is 4.54. The predicted octanol–water partition coefficient (Wildman–Crippen LogP) is 4.74. The minimum Gasteiger partial charge on any atom is -0.406 e. The molecule has 1 aromatic carbocycles. The molecule has 162 valence electrons. The lowest BCUT2D eigenvalue weighted by Gasteiger charge is -2.26. The molecule has 1 amide bonds. The first-order valence-electron chi connectivity index (χ1n) is 9.96. The molecule has 2 heterocycles. The number of carbonyl (C=O) groups excluding carboxylic acids is 1. The summed E-state index contributed by atoms with van der Waals surface area (Å²) in [6.07, 6.45) is 1.32. The number of carbonyl (C=O) groups is 1. The van der Waals surface area contributed by atoms with Crippen LogP contribution in [0.1, 0.15) is 60.5 Å². The van der Waals surface area contributed by atoms with Crippen molar-refractivity contribution >= 4 is 11.9 Å². The maximum atomic E-state index is 12.6. The van der Waals surface area contributed by atoms with E-state index in [1.54, 1.807) is 4.90 Å². The fourth-order valence-electron chi connectivity index (χ4n) is 3.30. The van der Waals surface area contributed by atoms with Gasteiger partial charge in [-0.15, -0.1) is 13.2 Å². The molecule has 1 aliphatic heterocycles. The van der Waals surface area contributed by atoms with Gasteiger partial charge < -0.3 is 15.0 Å². The highest BCUT2D eigenvalue weighted by atomic mass is 19.4. The summed E-state index contributed by atoms with van der Waals surface area (Å²) >= 11 is 0. The highest BCUT2D eigenvalue weighted by molar-refractivity contribution is 5.93. The number of benzene rings is 1. The Bertz CT molecular complexity index is 864. The number of nitrogens with zero attached hydrogens (tertiary/aromatic N) is 3. The highest BCUT2D eigenvalue weighted by Gasteiger charge is 2.31. The van der Waals surface area contributed by atoms with Gasteiger partial charge in [-0.1, -0.05) is 19.9 Å². The molecule has 6 nitrogen and oxygen atoms in total. The fourth-order valence-corrected chi connectivity index (χ4v) is 3.30. The Balaban J connectivity index is 1.66. The summed E-state index contributed by atoms with van der Waals surface area (Å²) in [7, 11) is 0. The van der Waals surface area contributed by atoms with Crippen LogP contribution in [0.5, 0.6) is 5.75 Å². The number of hydrogen-bond donors (Lipinski definition) is 1. The second-order valence-corrected chi connectivity index (χ2v) is 7.61. The molecular formula is C21H25F3N4O2. The molecular weight excluding hydrogens is 397 g/mol. The van der Waals surface area contributed by atoms with E-state index in [-0.39, 0.29) is 24.1 Å². The summed E-state index contributed by atoms with van der Waals surface area (Å²) in [5.41, 5.74) is 1.76. The van der Waals surface area contributed by atoms with Crippen LogP contribution in [0.15, 0.2) is 30.6 Å². The molecule has 1 N–H and O–H groups in total. The van der Waals surface area contributed by atoms with E-state index >= 15 is 0 Å². The summed E-state index contributed by atoms with van der Waals surface area (Å²) in [5, 5.41) is 2.98. The first-order valence-corrected chi connectivity index (χ1v) is 9.96. The van der Waals surface area contributed by atoms with Crippen LogP contribution in [0.4, 0.5) is 19.1 Å². The molecule has 1 aliphatic rings. The molecule has 30 heavy (non-hydrogen) atoms. The van der Waals surface area contributed by atoms with Crippen molar-refractivity contribution in [1.29, 1.82) is 0 Å². The SMILES string of the molecule is CC(C)c1cc(CNc2ncc(C(=O)N3CCCCC3)cn2)cc(OC(F)(F)F)c1. The number of halogens is 3. The van der Waals surface area contributed by atoms with E-state index in [4.69, 9.17) is 0 Å². The topological polar surface area (TPSA) is 67.4 Å². The van der Waals surface area contributed by atoms with Crippen molar-refractivity contribution in [1.82, 2.24) is 14.9 Å². The Hall–Kier alpha value is -2.84. The van der Waals surface area contributed by atoms with Crippen LogP contribution in [0.25, 0.3) is 0 Å². The lowest BCUT2D eigenvalue weighted by Crippen LogP contribution is -2.35. The number of rotatable bonds is 6. The zero-order chi connectivity index (χ0) is 21.7. The average Bonchev–Trinajstić information content (AvgIpc) is 2.71. The summed E-state index contributed by atoms with van der Waals surface area (Å²) in [5.74, 6) is -0.0102. The molecule has 0 saturated carbocycles. The van der Waals surface area contributed by atoms with Crippen molar-refractivity contribution in [3.8, 4) is 5.75 Å². The Morgan fingerprint density at radius 2 is 1.80 bits per heavy atom. The van der Waals surface area contributed by atoms with Crippen molar-refractivity contribution in [2.24, 2.45) is 0 Å². The first kappa shape index (κ1) is 21.9. The van der Waals surface area contributed by atoms with Crippen molar-refractivity contribution in [2.75, 3.05) is 18.4 Å². The van der Waals surface area contributed by atoms with Gasteiger partial charge in [-0.2, -0.15) is 0 Å². The number of amides is 1. The Kier molecular flexibility index (Phi) is 6.79. The number of ether oxygens (including phenoxy) is 1. The number of likely N-dealkylation sites (tertiary alicyclic amines) is 1. The summed E-state index contributed by atoms with van der Waals surface area (Å²) in [4.78, 5) is 22.6. The van der Waals surface area contributed by atoms with Crippen molar-refractivity contribution in [3.63, 3.8) is 0 Å². The average molecular weight is 422 g/mol. The van der Waals surface area contributed by atoms with Gasteiger partial charge in [0.05, 0.1) is 5.56 Å². The van der Waals surface area contributed by atoms with Gasteiger partial charge in [-0.25, -0.2) is 9.97 Å². The summed E-state index contributed by atoms with van der Waals surface area (Å²) < 4.78 is 41.9. The molecule has 0 radical (unpaired) electrons. The van der Waals surface area contributed by atoms with E-state index in [1.165, 1.54) is 24.5 Å². The summed E-state index contributed by atoms with van der Waals surface area (Å²) in [6.45, 7) is 5.49. The molecule has 0 atom stereocenters. The van der Waals surface area contributed by atoms with Crippen LogP contribution in [-0.4, -0.2) is 40.2 Å². The predicted molar refractivity (Wildman–Crippen MR) is 106 cm³/mol. The number of nitrogens with one attached hydrogen (secondary N) is 1. The smallest absolute Gasteiger partial charge is 0.406 e. The van der Waals surface area contributed by atoms with E-state index in [1.807, 2.05) is 19.9 Å². The van der Waals surface area contributed by atoms with E-state index in [9.17, 15) is 18.0 Å². The normalized spacial score (nSPS) is 14.7. The standard InChI is InChI=1S/C21H25F3N4O2/c1-14(2)16-8-15(9-18(10-16)30-21(22,23)24)11-25-20-26-12-17(13-27-20)19(29)28-6-4-3-5-7-28/h8-10,12-14H,3-7,11H2,1-2H3,(H,25,26,27). The van der Waals surface area contributed by atoms with Gasteiger partial charge in [0.2, 0.25) is 5.95 Å². The van der Waals surface area contributed by atoms with Crippen LogP contribution in [0.2, 0.25) is 0 Å². The van der Waals surface area contributed by atoms with Gasteiger partial charge in [-0.05, 0) is 48.4 Å². The highest BCUT2D eigenvalue weighted by Crippen LogP contribution is 2.28. The quantitative estimate of drug-likeness (QED) is 0.729. The lowest BCUT2D eigenvalue weighted by atomic mass is 10.0. The molecule has 0 bridgehead atoms. The van der Waals surface area contributed by atoms with Gasteiger partial charge >= 0.3 is 6.36 Å². The molecule has 1 aromatic heterocycles. The number of alkyl halides is 3. The van der Waals surface area contributed by atoms with Crippen LogP contribution in [0, 0.1) is 0 Å². The maximum Gasteiger partial charge on any atom is 0.573 e. The third kappa shape index (κ3) is 6.08. The first-order chi connectivity index (χ1) is 14.2. The molecule has 2 aromatic rings. The van der Waals surface area contributed by atoms with Crippen molar-refractivity contribution in [3.05, 3.63) is 47.3 Å². The Labute approximate surface area is 173 Å². The Morgan fingerprint density at radius 1 is 1.13 bits per heavy atom. The number of piperidine rings is 1. The van der Waals surface area contributed by atoms with Crippen LogP contribution < -0.4 is 10.1 Å². The van der Waals surface area contributed by atoms with E-state index in [0.29, 0.717) is 17.1 Å². The largest absolute Gasteiger partial charge is 0.573 e. The van der Waals surface area contributed by atoms with Gasteiger partial charge in [0.1, 0.15) is 5.75 Å². The molecule has 3 rings (SSSR count). The fraction of sp³-hybridized carbons (Fsp3) is 0.476. The third-order valence-corrected chi connectivity index (χ3v) is 4.88. The van der Waals surface area contributed by atoms with Crippen LogP contribution in [-0.2, 0) is 6.54 Å². The lowest BCUT2D eigenvalue weighted by molar-refractivity contribution is -0.274. The van der Waals surface area contributed by atoms with Gasteiger partial charge in [0.15, 0.2) is 0 Å². The zero-order valence-electron chi connectivity index (χ0n) is 17.0. The molecule has 9 heteroatoms. The Morgan fingerprint density at radius 3 is 2.40 bits per heavy atom. The number of anilines is 1. The third-order valence-electron chi connectivity index (χ3n) is 4.88. The molecule has 1 saturated heterocycles. The molecule has 0 aliphatic carbocycles.